The molecule has 0 heterocycles. The van der Waals surface area contributed by atoms with Crippen LogP contribution in [0.3, 0.4) is 0 Å². The van der Waals surface area contributed by atoms with E-state index in [-0.39, 0.29) is 6.54 Å². The first-order valence-electron chi connectivity index (χ1n) is 5.40. The molecule has 2 unspecified atom stereocenters. The predicted molar refractivity (Wildman–Crippen MR) is 66.4 cm³/mol. The van der Waals surface area contributed by atoms with E-state index in [1.807, 2.05) is 0 Å². The SMILES string of the molecule is COc1ccc(Cl)cc1C(CN)C(O)C(C)(F)F. The highest BCUT2D eigenvalue weighted by Crippen LogP contribution is 2.35. The van der Waals surface area contributed by atoms with Gasteiger partial charge >= 0.3 is 0 Å². The highest BCUT2D eigenvalue weighted by molar-refractivity contribution is 6.30. The Morgan fingerprint density at radius 2 is 2.11 bits per heavy atom. The number of rotatable bonds is 5. The van der Waals surface area contributed by atoms with Crippen LogP contribution in [-0.4, -0.2) is 30.8 Å². The highest BCUT2D eigenvalue weighted by Gasteiger charge is 2.39. The van der Waals surface area contributed by atoms with Gasteiger partial charge in [0.05, 0.1) is 7.11 Å². The van der Waals surface area contributed by atoms with Gasteiger partial charge in [0.1, 0.15) is 11.9 Å². The Bertz CT molecular complexity index is 410. The van der Waals surface area contributed by atoms with Gasteiger partial charge in [-0.3, -0.25) is 0 Å². The van der Waals surface area contributed by atoms with Crippen LogP contribution in [0.15, 0.2) is 18.2 Å². The summed E-state index contributed by atoms with van der Waals surface area (Å²) in [5, 5.41) is 10.1. The largest absolute Gasteiger partial charge is 0.496 e. The molecule has 0 amide bonds. The van der Waals surface area contributed by atoms with E-state index >= 15 is 0 Å². The summed E-state index contributed by atoms with van der Waals surface area (Å²) in [5.41, 5.74) is 5.86. The van der Waals surface area contributed by atoms with Gasteiger partial charge in [-0.05, 0) is 18.2 Å². The molecule has 3 nitrogen and oxygen atoms in total. The van der Waals surface area contributed by atoms with E-state index in [0.717, 1.165) is 0 Å². The zero-order valence-corrected chi connectivity index (χ0v) is 10.9. The predicted octanol–water partition coefficient (Wildman–Crippen LogP) is 2.41. The fourth-order valence-corrected chi connectivity index (χ4v) is 1.95. The number of alkyl halides is 2. The van der Waals surface area contributed by atoms with Gasteiger partial charge in [-0.2, -0.15) is 0 Å². The van der Waals surface area contributed by atoms with E-state index < -0.39 is 17.9 Å². The molecule has 0 bridgehead atoms. The normalized spacial score (nSPS) is 15.3. The molecular weight excluding hydrogens is 264 g/mol. The number of nitrogens with two attached hydrogens (primary N) is 1. The number of hydrogen-bond donors (Lipinski definition) is 2. The first-order chi connectivity index (χ1) is 8.31. The summed E-state index contributed by atoms with van der Waals surface area (Å²) in [5.74, 6) is -3.83. The number of ether oxygens (including phenoxy) is 1. The Balaban J connectivity index is 3.20. The van der Waals surface area contributed by atoms with Crippen LogP contribution < -0.4 is 10.5 Å². The maximum atomic E-state index is 13.2. The maximum Gasteiger partial charge on any atom is 0.271 e. The van der Waals surface area contributed by atoms with Crippen molar-refractivity contribution in [2.45, 2.75) is 24.9 Å². The average Bonchev–Trinajstić information content (AvgIpc) is 2.29. The second kappa shape index (κ2) is 5.82. The Hall–Kier alpha value is -0.910. The zero-order chi connectivity index (χ0) is 13.9. The van der Waals surface area contributed by atoms with Gasteiger partial charge in [0.2, 0.25) is 0 Å². The van der Waals surface area contributed by atoms with Crippen molar-refractivity contribution in [1.82, 2.24) is 0 Å². The van der Waals surface area contributed by atoms with Gasteiger partial charge in [-0.15, -0.1) is 0 Å². The van der Waals surface area contributed by atoms with Gasteiger partial charge in [0.15, 0.2) is 0 Å². The molecule has 6 heteroatoms. The van der Waals surface area contributed by atoms with Crippen molar-refractivity contribution < 1.29 is 18.6 Å². The number of methoxy groups -OCH3 is 1. The maximum absolute atomic E-state index is 13.2. The molecule has 0 saturated heterocycles. The van der Waals surface area contributed by atoms with Crippen LogP contribution in [0.1, 0.15) is 18.4 Å². The first kappa shape index (κ1) is 15.1. The van der Waals surface area contributed by atoms with Crippen molar-refractivity contribution in [3.05, 3.63) is 28.8 Å². The molecule has 0 aliphatic rings. The van der Waals surface area contributed by atoms with Crippen LogP contribution in [0.5, 0.6) is 5.75 Å². The lowest BCUT2D eigenvalue weighted by Crippen LogP contribution is -2.39. The van der Waals surface area contributed by atoms with Gasteiger partial charge < -0.3 is 15.6 Å². The van der Waals surface area contributed by atoms with Crippen LogP contribution in [0.4, 0.5) is 8.78 Å². The number of benzene rings is 1. The van der Waals surface area contributed by atoms with Crippen LogP contribution in [-0.2, 0) is 0 Å². The molecule has 0 saturated carbocycles. The van der Waals surface area contributed by atoms with E-state index in [1.165, 1.54) is 13.2 Å². The summed E-state index contributed by atoms with van der Waals surface area (Å²) in [6.07, 6.45) is -1.89. The molecule has 0 spiro atoms. The van der Waals surface area contributed by atoms with Crippen LogP contribution in [0.25, 0.3) is 0 Å². The molecule has 0 aliphatic heterocycles. The van der Waals surface area contributed by atoms with E-state index in [9.17, 15) is 13.9 Å². The van der Waals surface area contributed by atoms with Gasteiger partial charge in [-0.1, -0.05) is 11.6 Å². The number of aliphatic hydroxyl groups excluding tert-OH is 1. The molecular formula is C12H16ClF2NO2. The lowest BCUT2D eigenvalue weighted by atomic mass is 9.89. The molecule has 0 aliphatic carbocycles. The second-order valence-electron chi connectivity index (χ2n) is 4.13. The zero-order valence-electron chi connectivity index (χ0n) is 10.2. The lowest BCUT2D eigenvalue weighted by Gasteiger charge is -2.27. The standard InChI is InChI=1S/C12H16ClF2NO2/c1-12(14,15)11(17)9(6-16)8-5-7(13)3-4-10(8)18-2/h3-5,9,11,17H,6,16H2,1-2H3. The van der Waals surface area contributed by atoms with Crippen molar-refractivity contribution in [2.24, 2.45) is 5.73 Å². The monoisotopic (exact) mass is 279 g/mol. The molecule has 0 aromatic heterocycles. The number of aliphatic hydroxyl groups is 1. The summed E-state index contributed by atoms with van der Waals surface area (Å²) < 4.78 is 31.5. The van der Waals surface area contributed by atoms with Crippen LogP contribution in [0.2, 0.25) is 5.02 Å². The van der Waals surface area contributed by atoms with Crippen LogP contribution in [0, 0.1) is 0 Å². The Kier molecular flexibility index (Phi) is 4.90. The summed E-state index contributed by atoms with van der Waals surface area (Å²) in [6, 6.07) is 4.61. The third kappa shape index (κ3) is 3.31. The summed E-state index contributed by atoms with van der Waals surface area (Å²) in [4.78, 5) is 0. The number of hydrogen-bond acceptors (Lipinski definition) is 3. The quantitative estimate of drug-likeness (QED) is 0.870. The van der Waals surface area contributed by atoms with E-state index in [1.54, 1.807) is 12.1 Å². The molecule has 3 N–H and O–H groups in total. The van der Waals surface area contributed by atoms with Crippen molar-refractivity contribution in [2.75, 3.05) is 13.7 Å². The average molecular weight is 280 g/mol. The Morgan fingerprint density at radius 1 is 1.50 bits per heavy atom. The first-order valence-corrected chi connectivity index (χ1v) is 5.78. The molecule has 1 aromatic carbocycles. The van der Waals surface area contributed by atoms with Crippen LogP contribution >= 0.6 is 11.6 Å². The highest BCUT2D eigenvalue weighted by atomic mass is 35.5. The second-order valence-corrected chi connectivity index (χ2v) is 4.57. The molecule has 2 atom stereocenters. The van der Waals surface area contributed by atoms with Gasteiger partial charge in [0.25, 0.3) is 5.92 Å². The van der Waals surface area contributed by atoms with Gasteiger partial charge in [0, 0.05) is 30.0 Å². The minimum Gasteiger partial charge on any atom is -0.496 e. The van der Waals surface area contributed by atoms with E-state index in [4.69, 9.17) is 22.1 Å². The Labute approximate surface area is 110 Å². The number of halogens is 3. The molecule has 0 radical (unpaired) electrons. The van der Waals surface area contributed by atoms with Crippen molar-refractivity contribution in [3.8, 4) is 5.75 Å². The molecule has 102 valence electrons. The third-order valence-corrected chi connectivity index (χ3v) is 2.98. The fraction of sp³-hybridized carbons (Fsp3) is 0.500. The topological polar surface area (TPSA) is 55.5 Å². The smallest absolute Gasteiger partial charge is 0.271 e. The van der Waals surface area contributed by atoms with Crippen molar-refractivity contribution in [1.29, 1.82) is 0 Å². The molecule has 1 aromatic rings. The van der Waals surface area contributed by atoms with E-state index in [0.29, 0.717) is 23.3 Å². The summed E-state index contributed by atoms with van der Waals surface area (Å²) in [6.45, 7) is 0.513. The summed E-state index contributed by atoms with van der Waals surface area (Å²) in [7, 11) is 1.41. The van der Waals surface area contributed by atoms with Gasteiger partial charge in [-0.25, -0.2) is 8.78 Å². The molecule has 18 heavy (non-hydrogen) atoms. The molecule has 1 rings (SSSR count). The molecule has 0 fully saturated rings. The minimum absolute atomic E-state index is 0.138. The van der Waals surface area contributed by atoms with Crippen molar-refractivity contribution >= 4 is 11.6 Å². The summed E-state index contributed by atoms with van der Waals surface area (Å²) >= 11 is 5.83. The Morgan fingerprint density at radius 3 is 2.56 bits per heavy atom. The fourth-order valence-electron chi connectivity index (χ4n) is 1.77. The lowest BCUT2D eigenvalue weighted by molar-refractivity contribution is -0.103. The minimum atomic E-state index is -3.25. The third-order valence-electron chi connectivity index (χ3n) is 2.75. The van der Waals surface area contributed by atoms with E-state index in [2.05, 4.69) is 0 Å². The van der Waals surface area contributed by atoms with Crippen molar-refractivity contribution in [3.63, 3.8) is 0 Å².